The molecule has 0 fully saturated rings. The number of aromatic nitrogens is 2. The van der Waals surface area contributed by atoms with Crippen LogP contribution in [-0.2, 0) is 0 Å². The van der Waals surface area contributed by atoms with Gasteiger partial charge in [-0.05, 0) is 30.7 Å². The van der Waals surface area contributed by atoms with Crippen molar-refractivity contribution < 1.29 is 0 Å². The fourth-order valence-corrected chi connectivity index (χ4v) is 3.09. The Morgan fingerprint density at radius 2 is 1.70 bits per heavy atom. The van der Waals surface area contributed by atoms with E-state index in [-0.39, 0.29) is 11.3 Å². The van der Waals surface area contributed by atoms with Gasteiger partial charge in [0, 0.05) is 16.2 Å². The molecule has 102 valence electrons. The topological polar surface area (TPSA) is 25.8 Å². The molecule has 0 spiro atoms. The van der Waals surface area contributed by atoms with E-state index in [9.17, 15) is 0 Å². The highest BCUT2D eigenvalue weighted by Gasteiger charge is 2.21. The Bertz CT molecular complexity index is 769. The van der Waals surface area contributed by atoms with Crippen LogP contribution >= 0.6 is 34.8 Å². The van der Waals surface area contributed by atoms with Crippen molar-refractivity contribution in [2.75, 3.05) is 0 Å². The Morgan fingerprint density at radius 3 is 2.40 bits per heavy atom. The number of hydrogen-bond acceptors (Lipinski definition) is 2. The zero-order valence-electron chi connectivity index (χ0n) is 10.6. The fraction of sp³-hybridized carbons (Fsp3) is 0.200. The predicted octanol–water partition coefficient (Wildman–Crippen LogP) is 3.06. The average Bonchev–Trinajstić information content (AvgIpc) is 2.39. The summed E-state index contributed by atoms with van der Waals surface area (Å²) in [4.78, 5) is 8.57. The van der Waals surface area contributed by atoms with Crippen LogP contribution in [0.1, 0.15) is 17.3 Å². The lowest BCUT2D eigenvalue weighted by molar-refractivity contribution is 0.901. The summed E-state index contributed by atoms with van der Waals surface area (Å²) in [6.45, 7) is 1.81. The van der Waals surface area contributed by atoms with Gasteiger partial charge in [0.25, 0.3) is 0 Å². The fourth-order valence-electron chi connectivity index (χ4n) is 2.34. The van der Waals surface area contributed by atoms with Gasteiger partial charge in [0.1, 0.15) is 11.0 Å². The van der Waals surface area contributed by atoms with E-state index in [1.807, 2.05) is 43.3 Å². The van der Waals surface area contributed by atoms with Gasteiger partial charge in [-0.15, -0.1) is 11.6 Å². The van der Waals surface area contributed by atoms with Gasteiger partial charge in [-0.3, -0.25) is 0 Å². The minimum atomic E-state index is -0.172. The maximum Gasteiger partial charge on any atom is 0.140 e. The molecule has 1 aromatic carbocycles. The van der Waals surface area contributed by atoms with Crippen LogP contribution in [0.4, 0.5) is 0 Å². The largest absolute Gasteiger partial charge is 0.233 e. The lowest BCUT2D eigenvalue weighted by Crippen LogP contribution is -2.37. The van der Waals surface area contributed by atoms with E-state index in [1.165, 1.54) is 0 Å². The number of benzene rings is 1. The van der Waals surface area contributed by atoms with E-state index >= 15 is 0 Å². The maximum atomic E-state index is 6.47. The second-order valence-electron chi connectivity index (χ2n) is 4.72. The lowest BCUT2D eigenvalue weighted by Gasteiger charge is -2.20. The highest BCUT2D eigenvalue weighted by Crippen LogP contribution is 2.28. The second-order valence-corrected chi connectivity index (χ2v) is 6.01. The third-order valence-electron chi connectivity index (χ3n) is 3.30. The first-order chi connectivity index (χ1) is 9.54. The summed E-state index contributed by atoms with van der Waals surface area (Å²) >= 11 is 18.6. The Morgan fingerprint density at radius 1 is 1.00 bits per heavy atom. The molecule has 3 rings (SSSR count). The number of nitrogens with zero attached hydrogens (tertiary/aromatic N) is 2. The monoisotopic (exact) mass is 324 g/mol. The molecular formula is C15H11Cl3N2. The van der Waals surface area contributed by atoms with Crippen LogP contribution in [0.3, 0.4) is 0 Å². The van der Waals surface area contributed by atoms with Crippen molar-refractivity contribution in [3.8, 4) is 0 Å². The lowest BCUT2D eigenvalue weighted by atomic mass is 9.91. The third kappa shape index (κ3) is 2.56. The number of rotatable bonds is 1. The van der Waals surface area contributed by atoms with E-state index in [4.69, 9.17) is 34.8 Å². The predicted molar refractivity (Wildman–Crippen MR) is 83.8 cm³/mol. The zero-order chi connectivity index (χ0) is 14.3. The van der Waals surface area contributed by atoms with Crippen LogP contribution in [0.5, 0.6) is 0 Å². The molecule has 0 N–H and O–H groups in total. The quantitative estimate of drug-likeness (QED) is 0.595. The van der Waals surface area contributed by atoms with Crippen LogP contribution in [0.2, 0.25) is 10.2 Å². The van der Waals surface area contributed by atoms with Crippen molar-refractivity contribution in [1.29, 1.82) is 0 Å². The molecule has 2 unspecified atom stereocenters. The minimum absolute atomic E-state index is 0.0326. The van der Waals surface area contributed by atoms with E-state index in [2.05, 4.69) is 9.97 Å². The molecular weight excluding hydrogens is 315 g/mol. The van der Waals surface area contributed by atoms with Crippen molar-refractivity contribution in [3.05, 3.63) is 56.4 Å². The molecule has 0 bridgehead atoms. The highest BCUT2D eigenvalue weighted by atomic mass is 35.5. The van der Waals surface area contributed by atoms with E-state index < -0.39 is 0 Å². The summed E-state index contributed by atoms with van der Waals surface area (Å²) in [6, 6.07) is 7.66. The molecule has 1 aliphatic carbocycles. The molecule has 0 aliphatic heterocycles. The number of fused-ring (bicyclic) bond motifs is 1. The number of hydrogen-bond donors (Lipinski definition) is 0. The van der Waals surface area contributed by atoms with Crippen LogP contribution < -0.4 is 10.6 Å². The maximum absolute atomic E-state index is 6.47. The van der Waals surface area contributed by atoms with Gasteiger partial charge in [0.15, 0.2) is 0 Å². The van der Waals surface area contributed by atoms with Gasteiger partial charge < -0.3 is 0 Å². The molecule has 5 heteroatoms. The van der Waals surface area contributed by atoms with Crippen LogP contribution in [-0.4, -0.2) is 15.3 Å². The van der Waals surface area contributed by atoms with Crippen molar-refractivity contribution in [2.45, 2.75) is 18.2 Å². The number of halogens is 3. The Balaban J connectivity index is 2.16. The van der Waals surface area contributed by atoms with Gasteiger partial charge in [-0.2, -0.15) is 0 Å². The average molecular weight is 326 g/mol. The van der Waals surface area contributed by atoms with Crippen LogP contribution in [0, 0.1) is 6.92 Å². The van der Waals surface area contributed by atoms with Gasteiger partial charge in [-0.25, -0.2) is 9.97 Å². The summed E-state index contributed by atoms with van der Waals surface area (Å²) in [7, 11) is 0. The minimum Gasteiger partial charge on any atom is -0.233 e. The smallest absolute Gasteiger partial charge is 0.140 e. The number of alkyl halides is 1. The SMILES string of the molecule is Cc1nc(Cl)c2c(n1)=CC(Cl)C(c1ccc(Cl)cc1)C=2. The first kappa shape index (κ1) is 13.9. The summed E-state index contributed by atoms with van der Waals surface area (Å²) in [5.41, 5.74) is 1.09. The van der Waals surface area contributed by atoms with Crippen molar-refractivity contribution in [2.24, 2.45) is 0 Å². The van der Waals surface area contributed by atoms with Crippen LogP contribution in [0.25, 0.3) is 12.2 Å². The van der Waals surface area contributed by atoms with Crippen LogP contribution in [0.15, 0.2) is 24.3 Å². The van der Waals surface area contributed by atoms with E-state index in [1.54, 1.807) is 0 Å². The molecule has 1 aromatic heterocycles. The summed E-state index contributed by atoms with van der Waals surface area (Å²) in [5.74, 6) is 0.678. The molecule has 0 saturated heterocycles. The molecule has 2 nitrogen and oxygen atoms in total. The Hall–Kier alpha value is -1.09. The normalized spacial score (nSPS) is 20.8. The molecule has 2 atom stereocenters. The summed E-state index contributed by atoms with van der Waals surface area (Å²) in [5, 5.41) is 2.64. The molecule has 1 heterocycles. The zero-order valence-corrected chi connectivity index (χ0v) is 12.9. The van der Waals surface area contributed by atoms with Gasteiger partial charge in [0.2, 0.25) is 0 Å². The van der Waals surface area contributed by atoms with E-state index in [0.29, 0.717) is 16.0 Å². The first-order valence-electron chi connectivity index (χ1n) is 6.18. The standard InChI is InChI=1S/C15H11Cl3N2/c1-8-19-14-7-13(17)11(6-12(14)15(18)20-8)9-2-4-10(16)5-3-9/h2-7,11,13H,1H3. The Labute approximate surface area is 131 Å². The molecule has 20 heavy (non-hydrogen) atoms. The van der Waals surface area contributed by atoms with Crippen molar-refractivity contribution >= 4 is 47.0 Å². The molecule has 2 aromatic rings. The molecule has 0 radical (unpaired) electrons. The third-order valence-corrected chi connectivity index (χ3v) is 4.24. The van der Waals surface area contributed by atoms with Crippen molar-refractivity contribution in [3.63, 3.8) is 0 Å². The molecule has 1 aliphatic rings. The molecule has 0 amide bonds. The van der Waals surface area contributed by atoms with Crippen molar-refractivity contribution in [1.82, 2.24) is 9.97 Å². The Kier molecular flexibility index (Phi) is 3.72. The van der Waals surface area contributed by atoms with E-state index in [0.717, 1.165) is 16.1 Å². The summed E-state index contributed by atoms with van der Waals surface area (Å²) in [6.07, 6.45) is 3.95. The first-order valence-corrected chi connectivity index (χ1v) is 7.37. The van der Waals surface area contributed by atoms with Gasteiger partial charge in [-0.1, -0.05) is 41.4 Å². The van der Waals surface area contributed by atoms with Gasteiger partial charge in [0.05, 0.1) is 10.7 Å². The second kappa shape index (κ2) is 5.36. The van der Waals surface area contributed by atoms with Gasteiger partial charge >= 0.3 is 0 Å². The molecule has 0 saturated carbocycles. The number of aryl methyl sites for hydroxylation is 1. The summed E-state index contributed by atoms with van der Waals surface area (Å²) < 4.78 is 0. The highest BCUT2D eigenvalue weighted by molar-refractivity contribution is 6.30.